The van der Waals surface area contributed by atoms with Gasteiger partial charge in [-0.2, -0.15) is 0 Å². The number of barbiturate groups is 1. The number of nitrogens with one attached hydrogen (secondary N) is 1. The third-order valence-corrected chi connectivity index (χ3v) is 8.00. The number of benzene rings is 4. The number of hydrogen-bond donors (Lipinski definition) is 1. The molecule has 4 amide bonds. The van der Waals surface area contributed by atoms with E-state index in [1.165, 1.54) is 12.1 Å². The summed E-state index contributed by atoms with van der Waals surface area (Å²) in [5, 5.41) is 4.90. The monoisotopic (exact) mass is 680 g/mol. The number of anilines is 1. The number of fused-ring (bicyclic) bond motifs is 1. The molecule has 1 N–H and O–H groups in total. The van der Waals surface area contributed by atoms with Crippen molar-refractivity contribution in [1.29, 1.82) is 0 Å². The van der Waals surface area contributed by atoms with Crippen LogP contribution >= 0.6 is 34.2 Å². The Hall–Kier alpha value is -3.89. The molecule has 0 aliphatic carbocycles. The van der Waals surface area contributed by atoms with Gasteiger partial charge < -0.3 is 9.47 Å². The van der Waals surface area contributed by atoms with Crippen LogP contribution in [0.2, 0.25) is 5.02 Å². The summed E-state index contributed by atoms with van der Waals surface area (Å²) < 4.78 is 13.0. The Kier molecular flexibility index (Phi) is 8.32. The molecule has 1 fully saturated rings. The van der Waals surface area contributed by atoms with Crippen LogP contribution in [0.5, 0.6) is 11.5 Å². The molecule has 0 atom stereocenters. The van der Waals surface area contributed by atoms with Crippen molar-refractivity contribution >= 4 is 74.6 Å². The molecule has 1 aliphatic rings. The van der Waals surface area contributed by atoms with Gasteiger partial charge in [0.25, 0.3) is 11.8 Å². The molecular weight excluding hydrogens is 655 g/mol. The van der Waals surface area contributed by atoms with E-state index in [-0.39, 0.29) is 11.3 Å². The van der Waals surface area contributed by atoms with Crippen molar-refractivity contribution in [2.75, 3.05) is 11.5 Å². The average Bonchev–Trinajstić information content (AvgIpc) is 2.93. The minimum Gasteiger partial charge on any atom is -0.490 e. The van der Waals surface area contributed by atoms with E-state index < -0.39 is 17.8 Å². The number of hydrogen-bond acceptors (Lipinski definition) is 5. The summed E-state index contributed by atoms with van der Waals surface area (Å²) in [4.78, 5) is 39.6. The largest absolute Gasteiger partial charge is 0.490 e. The van der Waals surface area contributed by atoms with Gasteiger partial charge in [0, 0.05) is 10.6 Å². The molecule has 0 unspecified atom stereocenters. The Labute approximate surface area is 256 Å². The molecule has 4 aromatic rings. The van der Waals surface area contributed by atoms with Gasteiger partial charge in [-0.15, -0.1) is 0 Å². The number of amides is 4. The second kappa shape index (κ2) is 11.9. The molecule has 7 nitrogen and oxygen atoms in total. The number of rotatable bonds is 7. The average molecular weight is 681 g/mol. The van der Waals surface area contributed by atoms with Crippen LogP contribution in [0.15, 0.2) is 72.3 Å². The lowest BCUT2D eigenvalue weighted by Crippen LogP contribution is -2.54. The number of aryl methyl sites for hydroxylation is 2. The summed E-state index contributed by atoms with van der Waals surface area (Å²) in [5.74, 6) is -0.494. The maximum atomic E-state index is 13.4. The minimum atomic E-state index is -0.839. The van der Waals surface area contributed by atoms with Crippen molar-refractivity contribution in [2.45, 2.75) is 27.4 Å². The maximum absolute atomic E-state index is 13.4. The predicted molar refractivity (Wildman–Crippen MR) is 169 cm³/mol. The Morgan fingerprint density at radius 3 is 2.46 bits per heavy atom. The van der Waals surface area contributed by atoms with Crippen molar-refractivity contribution in [3.05, 3.63) is 103 Å². The van der Waals surface area contributed by atoms with Crippen molar-refractivity contribution in [1.82, 2.24) is 5.32 Å². The van der Waals surface area contributed by atoms with E-state index in [1.54, 1.807) is 24.3 Å². The summed E-state index contributed by atoms with van der Waals surface area (Å²) in [6.07, 6.45) is 1.44. The van der Waals surface area contributed by atoms with Gasteiger partial charge in [-0.05, 0) is 101 Å². The highest BCUT2D eigenvalue weighted by molar-refractivity contribution is 14.1. The van der Waals surface area contributed by atoms with Crippen LogP contribution in [-0.2, 0) is 16.2 Å². The number of nitrogens with zero attached hydrogens (tertiary/aromatic N) is 1. The number of imide groups is 2. The molecule has 0 bridgehead atoms. The van der Waals surface area contributed by atoms with E-state index >= 15 is 0 Å². The summed E-state index contributed by atoms with van der Waals surface area (Å²) in [5.41, 5.74) is 3.61. The second-order valence-electron chi connectivity index (χ2n) is 9.53. The molecule has 0 aromatic heterocycles. The zero-order valence-electron chi connectivity index (χ0n) is 22.6. The van der Waals surface area contributed by atoms with Gasteiger partial charge >= 0.3 is 6.03 Å². The summed E-state index contributed by atoms with van der Waals surface area (Å²) in [7, 11) is 0. The lowest BCUT2D eigenvalue weighted by molar-refractivity contribution is -0.122. The van der Waals surface area contributed by atoms with E-state index in [4.69, 9.17) is 21.1 Å². The topological polar surface area (TPSA) is 84.9 Å². The first-order valence-electron chi connectivity index (χ1n) is 12.9. The number of halogens is 2. The van der Waals surface area contributed by atoms with Crippen LogP contribution in [-0.4, -0.2) is 24.5 Å². The highest BCUT2D eigenvalue weighted by Gasteiger charge is 2.37. The zero-order valence-corrected chi connectivity index (χ0v) is 25.5. The lowest BCUT2D eigenvalue weighted by atomic mass is 10.0. The SMILES string of the molecule is CCOc1cc(/C=C2\C(=O)NC(=O)N(c3ccc(C)c(Cl)c3)C2=O)cc(I)c1OCc1c(C)ccc2ccccc12. The summed E-state index contributed by atoms with van der Waals surface area (Å²) in [6, 6.07) is 19.8. The molecule has 1 heterocycles. The Morgan fingerprint density at radius 2 is 1.71 bits per heavy atom. The van der Waals surface area contributed by atoms with Crippen molar-refractivity contribution in [3.8, 4) is 11.5 Å². The fourth-order valence-electron chi connectivity index (χ4n) is 4.63. The van der Waals surface area contributed by atoms with Gasteiger partial charge in [0.15, 0.2) is 11.5 Å². The number of urea groups is 1. The van der Waals surface area contributed by atoms with Crippen molar-refractivity contribution in [3.63, 3.8) is 0 Å². The molecule has 41 heavy (non-hydrogen) atoms. The first kappa shape index (κ1) is 28.6. The van der Waals surface area contributed by atoms with E-state index in [0.29, 0.717) is 35.3 Å². The summed E-state index contributed by atoms with van der Waals surface area (Å²) >= 11 is 8.38. The van der Waals surface area contributed by atoms with Crippen LogP contribution in [0.3, 0.4) is 0 Å². The highest BCUT2D eigenvalue weighted by Crippen LogP contribution is 2.37. The number of carbonyl (C=O) groups is 3. The predicted octanol–water partition coefficient (Wildman–Crippen LogP) is 7.36. The van der Waals surface area contributed by atoms with Gasteiger partial charge in [0.1, 0.15) is 12.2 Å². The third-order valence-electron chi connectivity index (χ3n) is 6.79. The van der Waals surface area contributed by atoms with E-state index in [0.717, 1.165) is 35.9 Å². The maximum Gasteiger partial charge on any atom is 0.335 e. The molecule has 1 saturated heterocycles. The molecule has 0 spiro atoms. The molecule has 0 radical (unpaired) electrons. The Morgan fingerprint density at radius 1 is 0.951 bits per heavy atom. The number of carbonyl (C=O) groups excluding carboxylic acids is 3. The first-order valence-corrected chi connectivity index (χ1v) is 14.4. The van der Waals surface area contributed by atoms with Crippen LogP contribution < -0.4 is 19.7 Å². The van der Waals surface area contributed by atoms with Gasteiger partial charge in [-0.25, -0.2) is 9.69 Å². The quantitative estimate of drug-likeness (QED) is 0.125. The normalized spacial score (nSPS) is 14.5. The molecule has 0 saturated carbocycles. The standard InChI is InChI=1S/C32H26ClIN2O5/c1-4-40-28-15-20(13-24-30(37)35-32(39)36(31(24)38)22-12-10-19(3)26(33)16-22)14-27(34)29(28)41-17-25-18(2)9-11-21-7-5-6-8-23(21)25/h5-16H,4,17H2,1-3H3,(H,35,37,39)/b24-13+. The Bertz CT molecular complexity index is 1750. The highest BCUT2D eigenvalue weighted by atomic mass is 127. The van der Waals surface area contributed by atoms with Gasteiger partial charge in [-0.1, -0.05) is 54.1 Å². The fourth-order valence-corrected chi connectivity index (χ4v) is 5.59. The second-order valence-corrected chi connectivity index (χ2v) is 11.1. The molecular formula is C32H26ClIN2O5. The zero-order chi connectivity index (χ0) is 29.3. The Balaban J connectivity index is 1.48. The fraction of sp³-hybridized carbons (Fsp3) is 0.156. The van der Waals surface area contributed by atoms with Crippen molar-refractivity contribution in [2.24, 2.45) is 0 Å². The van der Waals surface area contributed by atoms with E-state index in [9.17, 15) is 14.4 Å². The van der Waals surface area contributed by atoms with E-state index in [2.05, 4.69) is 59.1 Å². The van der Waals surface area contributed by atoms with Crippen LogP contribution in [0.25, 0.3) is 16.8 Å². The van der Waals surface area contributed by atoms with Crippen LogP contribution in [0, 0.1) is 17.4 Å². The lowest BCUT2D eigenvalue weighted by Gasteiger charge is -2.26. The van der Waals surface area contributed by atoms with Crippen LogP contribution in [0.4, 0.5) is 10.5 Å². The molecule has 1 aliphatic heterocycles. The van der Waals surface area contributed by atoms with Gasteiger partial charge in [-0.3, -0.25) is 14.9 Å². The van der Waals surface area contributed by atoms with Crippen molar-refractivity contribution < 1.29 is 23.9 Å². The minimum absolute atomic E-state index is 0.195. The molecule has 5 rings (SSSR count). The summed E-state index contributed by atoms with van der Waals surface area (Å²) in [6.45, 7) is 6.45. The third kappa shape index (κ3) is 5.80. The molecule has 208 valence electrons. The van der Waals surface area contributed by atoms with E-state index in [1.807, 2.05) is 26.0 Å². The number of ether oxygens (including phenoxy) is 2. The first-order chi connectivity index (χ1) is 19.7. The molecule has 9 heteroatoms. The van der Waals surface area contributed by atoms with Gasteiger partial charge in [0.05, 0.1) is 15.9 Å². The molecule has 4 aromatic carbocycles. The van der Waals surface area contributed by atoms with Crippen LogP contribution in [0.1, 0.15) is 29.2 Å². The van der Waals surface area contributed by atoms with Gasteiger partial charge in [0.2, 0.25) is 0 Å². The smallest absolute Gasteiger partial charge is 0.335 e.